The number of nitrogens with zero attached hydrogens (tertiary/aromatic N) is 6. The van der Waals surface area contributed by atoms with E-state index in [1.54, 1.807) is 18.3 Å². The van der Waals surface area contributed by atoms with Crippen molar-refractivity contribution in [3.05, 3.63) is 74.8 Å². The number of hydrogen-bond donors (Lipinski definition) is 2. The Morgan fingerprint density at radius 2 is 1.65 bits per heavy atom. The summed E-state index contributed by atoms with van der Waals surface area (Å²) in [5, 5.41) is 18.4. The van der Waals surface area contributed by atoms with Gasteiger partial charge in [0, 0.05) is 35.4 Å². The van der Waals surface area contributed by atoms with Crippen LogP contribution in [0.25, 0.3) is 6.08 Å². The fraction of sp³-hybridized carbons (Fsp3) is 0.308. The van der Waals surface area contributed by atoms with E-state index in [0.717, 1.165) is 48.8 Å². The summed E-state index contributed by atoms with van der Waals surface area (Å²) < 4.78 is 0.775. The summed E-state index contributed by atoms with van der Waals surface area (Å²) in [5.41, 5.74) is 4.58. The zero-order valence-corrected chi connectivity index (χ0v) is 22.6. The lowest BCUT2D eigenvalue weighted by Crippen LogP contribution is -2.28. The maximum absolute atomic E-state index is 11.0. The molecule has 0 unspecified atom stereocenters. The molecular formula is C26H31BrN8O2. The third-order valence-electron chi connectivity index (χ3n) is 5.26. The summed E-state index contributed by atoms with van der Waals surface area (Å²) in [6.07, 6.45) is 7.71. The van der Waals surface area contributed by atoms with Crippen molar-refractivity contribution < 1.29 is 4.92 Å². The van der Waals surface area contributed by atoms with Crippen molar-refractivity contribution in [2.24, 2.45) is 5.10 Å². The standard InChI is InChI=1S/C26H31BrN8O2/c1-3-5-16-34(17-6-4-2)26-31-24(29-22-12-14-23(15-13-22)35(36)37)30-25(32-26)33-28-19-21(27)18-20-10-8-7-9-11-20/h7-15,18-19H,3-6,16-17H2,1-2H3,(H2,29,30,31,32,33)/b21-18-,28-19+. The van der Waals surface area contributed by atoms with Crippen molar-refractivity contribution in [1.82, 2.24) is 15.0 Å². The minimum Gasteiger partial charge on any atom is -0.341 e. The van der Waals surface area contributed by atoms with Crippen molar-refractivity contribution >= 4 is 57.4 Å². The molecule has 1 aromatic heterocycles. The molecule has 0 bridgehead atoms. The lowest BCUT2D eigenvalue weighted by molar-refractivity contribution is -0.384. The molecule has 3 rings (SSSR count). The Bertz CT molecular complexity index is 1190. The van der Waals surface area contributed by atoms with Gasteiger partial charge in [-0.15, -0.1) is 0 Å². The van der Waals surface area contributed by atoms with Crippen LogP contribution in [0, 0.1) is 10.1 Å². The van der Waals surface area contributed by atoms with Crippen LogP contribution in [-0.4, -0.2) is 39.2 Å². The molecular weight excluding hydrogens is 536 g/mol. The van der Waals surface area contributed by atoms with E-state index < -0.39 is 4.92 Å². The number of nitro benzene ring substituents is 1. The Morgan fingerprint density at radius 3 is 2.27 bits per heavy atom. The first-order chi connectivity index (χ1) is 18.0. The van der Waals surface area contributed by atoms with Crippen LogP contribution in [0.15, 0.2) is 64.2 Å². The van der Waals surface area contributed by atoms with Gasteiger partial charge in [0.1, 0.15) is 0 Å². The number of nitro groups is 1. The second kappa shape index (κ2) is 14.6. The summed E-state index contributed by atoms with van der Waals surface area (Å²) in [7, 11) is 0. The second-order valence-electron chi connectivity index (χ2n) is 8.22. The molecule has 0 atom stereocenters. The average molecular weight is 567 g/mol. The first-order valence-corrected chi connectivity index (χ1v) is 13.0. The van der Waals surface area contributed by atoms with E-state index in [-0.39, 0.29) is 11.6 Å². The molecule has 0 aliphatic carbocycles. The molecule has 0 radical (unpaired) electrons. The number of nitrogens with one attached hydrogen (secondary N) is 2. The Morgan fingerprint density at radius 1 is 1.00 bits per heavy atom. The van der Waals surface area contributed by atoms with E-state index in [9.17, 15) is 10.1 Å². The molecule has 0 fully saturated rings. The van der Waals surface area contributed by atoms with Crippen molar-refractivity contribution in [2.45, 2.75) is 39.5 Å². The minimum atomic E-state index is -0.436. The summed E-state index contributed by atoms with van der Waals surface area (Å²) in [4.78, 5) is 26.4. The number of halogens is 1. The van der Waals surface area contributed by atoms with Crippen molar-refractivity contribution in [3.63, 3.8) is 0 Å². The highest BCUT2D eigenvalue weighted by molar-refractivity contribution is 9.12. The molecule has 0 spiro atoms. The number of benzene rings is 2. The molecule has 3 aromatic rings. The molecule has 0 saturated heterocycles. The smallest absolute Gasteiger partial charge is 0.269 e. The van der Waals surface area contributed by atoms with Crippen LogP contribution in [0.5, 0.6) is 0 Å². The van der Waals surface area contributed by atoms with Crippen LogP contribution in [-0.2, 0) is 0 Å². The molecule has 0 amide bonds. The Labute approximate surface area is 225 Å². The Kier molecular flexibility index (Phi) is 11.0. The number of aromatic nitrogens is 3. The fourth-order valence-electron chi connectivity index (χ4n) is 3.31. The monoisotopic (exact) mass is 566 g/mol. The van der Waals surface area contributed by atoms with Crippen LogP contribution >= 0.6 is 15.9 Å². The van der Waals surface area contributed by atoms with Crippen LogP contribution in [0.1, 0.15) is 45.1 Å². The van der Waals surface area contributed by atoms with Gasteiger partial charge < -0.3 is 10.2 Å². The summed E-state index contributed by atoms with van der Waals surface area (Å²) in [5.74, 6) is 1.13. The fourth-order valence-corrected chi connectivity index (χ4v) is 3.68. The van der Waals surface area contributed by atoms with E-state index in [2.05, 4.69) is 65.5 Å². The number of hydrazone groups is 1. The maximum Gasteiger partial charge on any atom is 0.269 e. The largest absolute Gasteiger partial charge is 0.341 e. The number of hydrogen-bond acceptors (Lipinski definition) is 9. The van der Waals surface area contributed by atoms with Gasteiger partial charge in [-0.05, 0) is 52.5 Å². The first-order valence-electron chi connectivity index (χ1n) is 12.2. The van der Waals surface area contributed by atoms with Gasteiger partial charge in [-0.25, -0.2) is 5.43 Å². The lowest BCUT2D eigenvalue weighted by atomic mass is 10.2. The van der Waals surface area contributed by atoms with Crippen LogP contribution < -0.4 is 15.6 Å². The molecule has 2 aromatic carbocycles. The topological polar surface area (TPSA) is 121 Å². The minimum absolute atomic E-state index is 0.0121. The van der Waals surface area contributed by atoms with Gasteiger partial charge >= 0.3 is 0 Å². The van der Waals surface area contributed by atoms with E-state index in [1.165, 1.54) is 12.1 Å². The first kappa shape index (κ1) is 27.7. The van der Waals surface area contributed by atoms with E-state index >= 15 is 0 Å². The molecule has 0 aliphatic rings. The van der Waals surface area contributed by atoms with Gasteiger partial charge in [-0.1, -0.05) is 57.0 Å². The zero-order chi connectivity index (χ0) is 26.5. The number of unbranched alkanes of at least 4 members (excludes halogenated alkanes) is 2. The number of anilines is 4. The quantitative estimate of drug-likeness (QED) is 0.124. The van der Waals surface area contributed by atoms with Crippen molar-refractivity contribution in [3.8, 4) is 0 Å². The SMILES string of the molecule is CCCCN(CCCC)c1nc(N/N=C/C(Br)=C/c2ccccc2)nc(Nc2ccc([N+](=O)[O-])cc2)n1. The summed E-state index contributed by atoms with van der Waals surface area (Å²) in [6.45, 7) is 5.95. The van der Waals surface area contributed by atoms with Gasteiger partial charge in [0.05, 0.1) is 11.1 Å². The molecule has 2 N–H and O–H groups in total. The Hall–Kier alpha value is -3.86. The van der Waals surface area contributed by atoms with Crippen LogP contribution in [0.2, 0.25) is 0 Å². The highest BCUT2D eigenvalue weighted by Gasteiger charge is 2.14. The van der Waals surface area contributed by atoms with Gasteiger partial charge in [0.25, 0.3) is 5.69 Å². The molecule has 37 heavy (non-hydrogen) atoms. The molecule has 0 saturated carbocycles. The van der Waals surface area contributed by atoms with E-state index in [4.69, 9.17) is 0 Å². The second-order valence-corrected chi connectivity index (χ2v) is 9.13. The van der Waals surface area contributed by atoms with E-state index in [1.807, 2.05) is 36.4 Å². The number of non-ortho nitro benzene ring substituents is 1. The van der Waals surface area contributed by atoms with Crippen molar-refractivity contribution in [2.75, 3.05) is 28.7 Å². The third kappa shape index (κ3) is 9.26. The van der Waals surface area contributed by atoms with Crippen LogP contribution in [0.4, 0.5) is 29.2 Å². The lowest BCUT2D eigenvalue weighted by Gasteiger charge is -2.23. The number of rotatable bonds is 14. The molecule has 0 aliphatic heterocycles. The molecule has 11 heteroatoms. The normalized spacial score (nSPS) is 11.5. The number of allylic oxidation sites excluding steroid dienone is 1. The van der Waals surface area contributed by atoms with Gasteiger partial charge in [0.15, 0.2) is 0 Å². The van der Waals surface area contributed by atoms with Crippen LogP contribution in [0.3, 0.4) is 0 Å². The summed E-state index contributed by atoms with van der Waals surface area (Å²) in [6, 6.07) is 16.0. The average Bonchev–Trinajstić information content (AvgIpc) is 2.89. The van der Waals surface area contributed by atoms with Gasteiger partial charge in [-0.2, -0.15) is 20.1 Å². The predicted molar refractivity (Wildman–Crippen MR) is 154 cm³/mol. The van der Waals surface area contributed by atoms with Gasteiger partial charge in [0.2, 0.25) is 17.8 Å². The Balaban J connectivity index is 1.85. The molecule has 194 valence electrons. The van der Waals surface area contributed by atoms with E-state index in [0.29, 0.717) is 17.6 Å². The maximum atomic E-state index is 11.0. The van der Waals surface area contributed by atoms with Gasteiger partial charge in [-0.3, -0.25) is 10.1 Å². The predicted octanol–water partition coefficient (Wildman–Crippen LogP) is 6.76. The molecule has 1 heterocycles. The highest BCUT2D eigenvalue weighted by atomic mass is 79.9. The zero-order valence-electron chi connectivity index (χ0n) is 21.0. The summed E-state index contributed by atoms with van der Waals surface area (Å²) >= 11 is 3.51. The highest BCUT2D eigenvalue weighted by Crippen LogP contribution is 2.21. The third-order valence-corrected chi connectivity index (χ3v) is 5.69. The molecule has 10 nitrogen and oxygen atoms in total. The van der Waals surface area contributed by atoms with Crippen molar-refractivity contribution in [1.29, 1.82) is 0 Å².